The van der Waals surface area contributed by atoms with E-state index in [1.165, 1.54) is 17.7 Å². The minimum atomic E-state index is -3.44. The minimum absolute atomic E-state index is 0.0398. The second-order valence-electron chi connectivity index (χ2n) is 10.9. The van der Waals surface area contributed by atoms with Gasteiger partial charge in [0.1, 0.15) is 17.0 Å². The maximum atomic E-state index is 14.6. The molecule has 5 aromatic heterocycles. The molecule has 11 nitrogen and oxygen atoms in total. The van der Waals surface area contributed by atoms with Crippen LogP contribution in [0.2, 0.25) is 0 Å². The standard InChI is InChI=1S/C33H28FN9O2S/c1-46(44,45)39-17-21-9-23(12-25(34)11-21)26-7-8-37-32-30(26)40-33(41-32)31-27-13-28(38-19-29(27)42-43-31)24-10-22(16-36-18-24)15-35-14-20-5-3-2-4-6-20/h2-13,16,18-19,35,39H,14-15,17H2,1H3,(H,42,43)(H,37,40,41). The zero-order valence-electron chi connectivity index (χ0n) is 24.6. The van der Waals surface area contributed by atoms with Crippen molar-refractivity contribution in [1.29, 1.82) is 0 Å². The molecule has 5 heterocycles. The molecular formula is C33H28FN9O2S. The molecule has 230 valence electrons. The van der Waals surface area contributed by atoms with Crippen LogP contribution >= 0.6 is 0 Å². The van der Waals surface area contributed by atoms with Gasteiger partial charge in [-0.3, -0.25) is 15.1 Å². The fourth-order valence-electron chi connectivity index (χ4n) is 5.30. The summed E-state index contributed by atoms with van der Waals surface area (Å²) in [6.07, 6.45) is 8.02. The van der Waals surface area contributed by atoms with Crippen LogP contribution in [0.3, 0.4) is 0 Å². The van der Waals surface area contributed by atoms with Crippen molar-refractivity contribution >= 4 is 32.1 Å². The highest BCUT2D eigenvalue weighted by molar-refractivity contribution is 7.88. The molecule has 46 heavy (non-hydrogen) atoms. The highest BCUT2D eigenvalue weighted by atomic mass is 32.2. The molecule has 4 N–H and O–H groups in total. The number of aromatic amines is 2. The van der Waals surface area contributed by atoms with Gasteiger partial charge in [-0.1, -0.05) is 30.3 Å². The topological polar surface area (TPSA) is 154 Å². The van der Waals surface area contributed by atoms with E-state index in [0.29, 0.717) is 45.9 Å². The SMILES string of the molecule is CS(=O)(=O)NCc1cc(F)cc(-c2ccnc3[nH]c(-c4n[nH]c5cnc(-c6cncc(CNCc7ccccc7)c6)cc45)nc23)c1. The van der Waals surface area contributed by atoms with E-state index in [1.807, 2.05) is 30.5 Å². The third kappa shape index (κ3) is 6.38. The lowest BCUT2D eigenvalue weighted by molar-refractivity contribution is 0.586. The summed E-state index contributed by atoms with van der Waals surface area (Å²) >= 11 is 0. The molecule has 0 spiro atoms. The number of H-pyrrole nitrogens is 2. The van der Waals surface area contributed by atoms with E-state index >= 15 is 0 Å². The summed E-state index contributed by atoms with van der Waals surface area (Å²) in [5, 5.41) is 11.8. The molecule has 0 bridgehead atoms. The van der Waals surface area contributed by atoms with Gasteiger partial charge < -0.3 is 10.3 Å². The number of halogens is 1. The summed E-state index contributed by atoms with van der Waals surface area (Å²) in [6.45, 7) is 1.37. The summed E-state index contributed by atoms with van der Waals surface area (Å²) in [5.74, 6) is -0.0157. The van der Waals surface area contributed by atoms with Gasteiger partial charge in [0.25, 0.3) is 0 Å². The third-order valence-corrected chi connectivity index (χ3v) is 8.12. The molecule has 0 unspecified atom stereocenters. The van der Waals surface area contributed by atoms with Crippen LogP contribution in [0.15, 0.2) is 91.5 Å². The first-order valence-electron chi connectivity index (χ1n) is 14.4. The van der Waals surface area contributed by atoms with Crippen molar-refractivity contribution in [2.24, 2.45) is 0 Å². The van der Waals surface area contributed by atoms with Gasteiger partial charge in [0.15, 0.2) is 11.5 Å². The van der Waals surface area contributed by atoms with Crippen molar-refractivity contribution in [3.8, 4) is 33.9 Å². The van der Waals surface area contributed by atoms with Crippen LogP contribution < -0.4 is 10.0 Å². The second-order valence-corrected chi connectivity index (χ2v) is 12.8. The molecule has 2 aromatic carbocycles. The Hall–Kier alpha value is -5.37. The van der Waals surface area contributed by atoms with Crippen molar-refractivity contribution < 1.29 is 12.8 Å². The first kappa shape index (κ1) is 29.3. The summed E-state index contributed by atoms with van der Waals surface area (Å²) in [6, 6.07) is 20.4. The van der Waals surface area contributed by atoms with E-state index in [9.17, 15) is 12.8 Å². The molecule has 0 amide bonds. The number of aromatic nitrogens is 7. The first-order chi connectivity index (χ1) is 22.3. The zero-order valence-corrected chi connectivity index (χ0v) is 25.4. The summed E-state index contributed by atoms with van der Waals surface area (Å²) in [5.41, 5.74) is 7.83. The van der Waals surface area contributed by atoms with Crippen LogP contribution in [0.25, 0.3) is 56.0 Å². The Labute approximate surface area is 263 Å². The maximum Gasteiger partial charge on any atom is 0.209 e. The van der Waals surface area contributed by atoms with Crippen molar-refractivity contribution in [2.75, 3.05) is 6.26 Å². The van der Waals surface area contributed by atoms with Crippen LogP contribution in [0.1, 0.15) is 16.7 Å². The Morgan fingerprint density at radius 3 is 2.52 bits per heavy atom. The average molecular weight is 634 g/mol. The number of imidazole rings is 1. The van der Waals surface area contributed by atoms with E-state index < -0.39 is 15.8 Å². The molecule has 0 aliphatic rings. The van der Waals surface area contributed by atoms with Crippen molar-refractivity contribution in [2.45, 2.75) is 19.6 Å². The summed E-state index contributed by atoms with van der Waals surface area (Å²) < 4.78 is 40.2. The summed E-state index contributed by atoms with van der Waals surface area (Å²) in [4.78, 5) is 21.6. The van der Waals surface area contributed by atoms with Crippen LogP contribution in [0.4, 0.5) is 4.39 Å². The van der Waals surface area contributed by atoms with Gasteiger partial charge in [-0.05, 0) is 58.7 Å². The maximum absolute atomic E-state index is 14.6. The molecule has 7 rings (SSSR count). The lowest BCUT2D eigenvalue weighted by atomic mass is 10.0. The van der Waals surface area contributed by atoms with E-state index in [1.54, 1.807) is 30.7 Å². The number of benzene rings is 2. The molecule has 7 aromatic rings. The number of rotatable bonds is 10. The number of hydrogen-bond donors (Lipinski definition) is 4. The van der Waals surface area contributed by atoms with Gasteiger partial charge >= 0.3 is 0 Å². The second kappa shape index (κ2) is 12.2. The number of sulfonamides is 1. The monoisotopic (exact) mass is 633 g/mol. The normalized spacial score (nSPS) is 11.9. The highest BCUT2D eigenvalue weighted by Crippen LogP contribution is 2.32. The van der Waals surface area contributed by atoms with Crippen LogP contribution in [0, 0.1) is 5.82 Å². The Balaban J connectivity index is 1.19. The number of hydrogen-bond acceptors (Lipinski definition) is 8. The van der Waals surface area contributed by atoms with Crippen LogP contribution in [0.5, 0.6) is 0 Å². The first-order valence-corrected chi connectivity index (χ1v) is 16.3. The smallest absolute Gasteiger partial charge is 0.209 e. The predicted molar refractivity (Wildman–Crippen MR) is 174 cm³/mol. The van der Waals surface area contributed by atoms with Crippen molar-refractivity contribution in [3.05, 3.63) is 114 Å². The highest BCUT2D eigenvalue weighted by Gasteiger charge is 2.18. The molecule has 0 fully saturated rings. The Kier molecular flexibility index (Phi) is 7.78. The summed E-state index contributed by atoms with van der Waals surface area (Å²) in [7, 11) is -3.44. The fraction of sp³-hybridized carbons (Fsp3) is 0.121. The Morgan fingerprint density at radius 2 is 1.67 bits per heavy atom. The fourth-order valence-corrected chi connectivity index (χ4v) is 5.73. The molecule has 13 heteroatoms. The van der Waals surface area contributed by atoms with Gasteiger partial charge in [0.2, 0.25) is 10.0 Å². The lowest BCUT2D eigenvalue weighted by Crippen LogP contribution is -2.21. The zero-order chi connectivity index (χ0) is 31.7. The Morgan fingerprint density at radius 1 is 0.848 bits per heavy atom. The molecule has 0 atom stereocenters. The van der Waals surface area contributed by atoms with E-state index in [-0.39, 0.29) is 6.54 Å². The minimum Gasteiger partial charge on any atom is -0.321 e. The van der Waals surface area contributed by atoms with Crippen molar-refractivity contribution in [3.63, 3.8) is 0 Å². The lowest BCUT2D eigenvalue weighted by Gasteiger charge is -2.08. The van der Waals surface area contributed by atoms with Crippen molar-refractivity contribution in [1.82, 2.24) is 45.2 Å². The number of nitrogens with zero attached hydrogens (tertiary/aromatic N) is 5. The van der Waals surface area contributed by atoms with Gasteiger partial charge in [-0.15, -0.1) is 0 Å². The van der Waals surface area contributed by atoms with E-state index in [2.05, 4.69) is 58.4 Å². The average Bonchev–Trinajstić information content (AvgIpc) is 3.68. The molecular weight excluding hydrogens is 605 g/mol. The number of pyridine rings is 3. The molecule has 0 aliphatic carbocycles. The van der Waals surface area contributed by atoms with Crippen LogP contribution in [-0.4, -0.2) is 49.8 Å². The molecule has 0 saturated carbocycles. The van der Waals surface area contributed by atoms with Crippen LogP contribution in [-0.2, 0) is 29.7 Å². The molecule has 0 saturated heterocycles. The Bertz CT molecular complexity index is 2300. The van der Waals surface area contributed by atoms with Gasteiger partial charge in [0.05, 0.1) is 23.7 Å². The predicted octanol–water partition coefficient (Wildman–Crippen LogP) is 5.10. The van der Waals surface area contributed by atoms with Gasteiger partial charge in [0, 0.05) is 54.7 Å². The van der Waals surface area contributed by atoms with Gasteiger partial charge in [-0.25, -0.2) is 27.5 Å². The third-order valence-electron chi connectivity index (χ3n) is 7.45. The number of nitrogens with one attached hydrogen (secondary N) is 4. The molecule has 0 aliphatic heterocycles. The largest absolute Gasteiger partial charge is 0.321 e. The number of fused-ring (bicyclic) bond motifs is 2. The molecule has 0 radical (unpaired) electrons. The van der Waals surface area contributed by atoms with E-state index in [0.717, 1.165) is 40.5 Å². The van der Waals surface area contributed by atoms with Gasteiger partial charge in [-0.2, -0.15) is 5.10 Å². The van der Waals surface area contributed by atoms with E-state index in [4.69, 9.17) is 4.98 Å². The quantitative estimate of drug-likeness (QED) is 0.162.